The van der Waals surface area contributed by atoms with Crippen LogP contribution in [0.5, 0.6) is 0 Å². The van der Waals surface area contributed by atoms with Crippen LogP contribution in [0.15, 0.2) is 11.8 Å². The molecule has 0 aromatic heterocycles. The van der Waals surface area contributed by atoms with E-state index in [1.807, 2.05) is 18.9 Å². The lowest BCUT2D eigenvalue weighted by Crippen LogP contribution is -2.39. The second-order valence-electron chi connectivity index (χ2n) is 3.05. The number of Topliss-reactive ketones (excluding diaryl/α,β-unsaturated/α-hetero) is 1. The molecule has 11 heavy (non-hydrogen) atoms. The van der Waals surface area contributed by atoms with Gasteiger partial charge in [0, 0.05) is 24.6 Å². The van der Waals surface area contributed by atoms with E-state index in [0.717, 1.165) is 6.26 Å². The van der Waals surface area contributed by atoms with Crippen molar-refractivity contribution < 1.29 is 9.90 Å². The Morgan fingerprint density at radius 3 is 2.91 bits per heavy atom. The van der Waals surface area contributed by atoms with Crippen molar-refractivity contribution >= 4 is 5.78 Å². The monoisotopic (exact) mass is 155 g/mol. The number of hydrogen-bond donors (Lipinski definition) is 1. The third-order valence-corrected chi connectivity index (χ3v) is 2.17. The minimum Gasteiger partial charge on any atom is -0.515 e. The van der Waals surface area contributed by atoms with E-state index in [0.29, 0.717) is 24.6 Å². The summed E-state index contributed by atoms with van der Waals surface area (Å²) in [6, 6.07) is 0.297. The van der Waals surface area contributed by atoms with Crippen LogP contribution >= 0.6 is 0 Å². The Bertz CT molecular complexity index is 198. The molecule has 0 amide bonds. The van der Waals surface area contributed by atoms with Gasteiger partial charge in [-0.3, -0.25) is 9.69 Å². The van der Waals surface area contributed by atoms with Gasteiger partial charge < -0.3 is 5.11 Å². The number of aliphatic hydroxyl groups is 1. The van der Waals surface area contributed by atoms with Crippen LogP contribution in [0, 0.1) is 0 Å². The molecule has 0 bridgehead atoms. The van der Waals surface area contributed by atoms with Crippen LogP contribution in [0.1, 0.15) is 13.3 Å². The van der Waals surface area contributed by atoms with Crippen molar-refractivity contribution in [2.75, 3.05) is 13.6 Å². The van der Waals surface area contributed by atoms with E-state index in [1.165, 1.54) is 0 Å². The summed E-state index contributed by atoms with van der Waals surface area (Å²) in [5.74, 6) is 0.0677. The highest BCUT2D eigenvalue weighted by Crippen LogP contribution is 2.15. The standard InChI is InChI=1S/C8H13NO2/c1-6-3-8(11)7(5-10)4-9(6)2/h5-6,10H,3-4H2,1-2H3. The molecule has 1 rings (SSSR count). The largest absolute Gasteiger partial charge is 0.515 e. The summed E-state index contributed by atoms with van der Waals surface area (Å²) in [7, 11) is 1.95. The molecule has 1 heterocycles. The van der Waals surface area contributed by atoms with E-state index >= 15 is 0 Å². The average molecular weight is 155 g/mol. The molecule has 1 aliphatic rings. The number of ketones is 1. The minimum atomic E-state index is 0.0677. The molecule has 0 aromatic rings. The number of aliphatic hydroxyl groups excluding tert-OH is 1. The summed E-state index contributed by atoms with van der Waals surface area (Å²) in [4.78, 5) is 13.2. The maximum atomic E-state index is 11.1. The number of likely N-dealkylation sites (tertiary alicyclic amines) is 1. The van der Waals surface area contributed by atoms with Crippen molar-refractivity contribution in [1.82, 2.24) is 4.90 Å². The van der Waals surface area contributed by atoms with Gasteiger partial charge >= 0.3 is 0 Å². The first-order valence-corrected chi connectivity index (χ1v) is 3.72. The fourth-order valence-corrected chi connectivity index (χ4v) is 1.18. The zero-order valence-electron chi connectivity index (χ0n) is 6.87. The minimum absolute atomic E-state index is 0.0677. The van der Waals surface area contributed by atoms with E-state index in [2.05, 4.69) is 0 Å². The molecule has 0 aromatic carbocycles. The van der Waals surface area contributed by atoms with E-state index in [1.54, 1.807) is 0 Å². The number of piperidine rings is 1. The Hall–Kier alpha value is -0.830. The van der Waals surface area contributed by atoms with E-state index in [9.17, 15) is 4.79 Å². The van der Waals surface area contributed by atoms with Gasteiger partial charge in [0.15, 0.2) is 5.78 Å². The molecule has 1 fully saturated rings. The van der Waals surface area contributed by atoms with Crippen LogP contribution in [0.3, 0.4) is 0 Å². The Labute approximate surface area is 66.3 Å². The van der Waals surface area contributed by atoms with Crippen LogP contribution in [0.2, 0.25) is 0 Å². The van der Waals surface area contributed by atoms with E-state index < -0.39 is 0 Å². The van der Waals surface area contributed by atoms with Gasteiger partial charge in [-0.25, -0.2) is 0 Å². The second kappa shape index (κ2) is 3.05. The van der Waals surface area contributed by atoms with Crippen molar-refractivity contribution in [3.63, 3.8) is 0 Å². The van der Waals surface area contributed by atoms with E-state index in [-0.39, 0.29) is 5.78 Å². The quantitative estimate of drug-likeness (QED) is 0.414. The third-order valence-electron chi connectivity index (χ3n) is 2.17. The van der Waals surface area contributed by atoms with Crippen LogP contribution in [0.25, 0.3) is 0 Å². The summed E-state index contributed by atoms with van der Waals surface area (Å²) in [5, 5.41) is 8.66. The summed E-state index contributed by atoms with van der Waals surface area (Å²) >= 11 is 0. The number of carbonyl (C=O) groups excluding carboxylic acids is 1. The molecule has 1 saturated heterocycles. The molecule has 0 radical (unpaired) electrons. The molecule has 0 saturated carbocycles. The lowest BCUT2D eigenvalue weighted by atomic mass is 9.99. The lowest BCUT2D eigenvalue weighted by molar-refractivity contribution is -0.118. The highest BCUT2D eigenvalue weighted by molar-refractivity contribution is 5.96. The van der Waals surface area contributed by atoms with Crippen LogP contribution in [0.4, 0.5) is 0 Å². The first kappa shape index (κ1) is 8.27. The molecule has 3 heteroatoms. The normalized spacial score (nSPS) is 31.3. The highest BCUT2D eigenvalue weighted by Gasteiger charge is 2.24. The van der Waals surface area contributed by atoms with Crippen molar-refractivity contribution in [3.05, 3.63) is 11.8 Å². The summed E-state index contributed by atoms with van der Waals surface area (Å²) in [6.07, 6.45) is 1.44. The Balaban J connectivity index is 2.70. The number of nitrogens with zero attached hydrogens (tertiary/aromatic N) is 1. The summed E-state index contributed by atoms with van der Waals surface area (Å²) in [6.45, 7) is 2.57. The molecule has 0 spiro atoms. The number of likely N-dealkylation sites (N-methyl/N-ethyl adjacent to an activating group) is 1. The third kappa shape index (κ3) is 1.60. The lowest BCUT2D eigenvalue weighted by Gasteiger charge is -2.29. The van der Waals surface area contributed by atoms with Crippen LogP contribution < -0.4 is 0 Å². The first-order valence-electron chi connectivity index (χ1n) is 3.72. The van der Waals surface area contributed by atoms with Gasteiger partial charge in [-0.15, -0.1) is 0 Å². The SMILES string of the molecule is CC1CC(=O)C(=CO)CN1C. The van der Waals surface area contributed by atoms with Crippen molar-refractivity contribution in [3.8, 4) is 0 Å². The first-order chi connectivity index (χ1) is 5.15. The second-order valence-corrected chi connectivity index (χ2v) is 3.05. The molecule has 3 nitrogen and oxygen atoms in total. The topological polar surface area (TPSA) is 40.5 Å². The molecule has 1 N–H and O–H groups in total. The molecular weight excluding hydrogens is 142 g/mol. The van der Waals surface area contributed by atoms with Crippen molar-refractivity contribution in [2.45, 2.75) is 19.4 Å². The predicted molar refractivity (Wildman–Crippen MR) is 42.4 cm³/mol. The van der Waals surface area contributed by atoms with E-state index in [4.69, 9.17) is 5.11 Å². The van der Waals surface area contributed by atoms with Crippen molar-refractivity contribution in [2.24, 2.45) is 0 Å². The van der Waals surface area contributed by atoms with Gasteiger partial charge in [-0.05, 0) is 14.0 Å². The van der Waals surface area contributed by atoms with Crippen molar-refractivity contribution in [1.29, 1.82) is 0 Å². The predicted octanol–water partition coefficient (Wildman–Crippen LogP) is 0.721. The maximum Gasteiger partial charge on any atom is 0.164 e. The molecule has 1 unspecified atom stereocenters. The number of rotatable bonds is 0. The number of hydrogen-bond acceptors (Lipinski definition) is 3. The van der Waals surface area contributed by atoms with Gasteiger partial charge in [-0.2, -0.15) is 0 Å². The summed E-state index contributed by atoms with van der Waals surface area (Å²) < 4.78 is 0. The van der Waals surface area contributed by atoms with Gasteiger partial charge in [0.25, 0.3) is 0 Å². The van der Waals surface area contributed by atoms with Gasteiger partial charge in [0.2, 0.25) is 0 Å². The Kier molecular flexibility index (Phi) is 2.29. The van der Waals surface area contributed by atoms with Gasteiger partial charge in [-0.1, -0.05) is 0 Å². The fraction of sp³-hybridized carbons (Fsp3) is 0.625. The molecule has 0 aliphatic carbocycles. The van der Waals surface area contributed by atoms with Crippen LogP contribution in [-0.4, -0.2) is 35.4 Å². The van der Waals surface area contributed by atoms with Gasteiger partial charge in [0.05, 0.1) is 6.26 Å². The zero-order valence-corrected chi connectivity index (χ0v) is 6.87. The number of carbonyl (C=O) groups is 1. The highest BCUT2D eigenvalue weighted by atomic mass is 16.2. The van der Waals surface area contributed by atoms with Crippen LogP contribution in [-0.2, 0) is 4.79 Å². The Morgan fingerprint density at radius 1 is 1.73 bits per heavy atom. The smallest absolute Gasteiger partial charge is 0.164 e. The molecule has 1 atom stereocenters. The summed E-state index contributed by atoms with van der Waals surface area (Å²) in [5.41, 5.74) is 0.519. The molecule has 62 valence electrons. The fourth-order valence-electron chi connectivity index (χ4n) is 1.18. The molecular formula is C8H13NO2. The maximum absolute atomic E-state index is 11.1. The molecule has 1 aliphatic heterocycles. The average Bonchev–Trinajstić information content (AvgIpc) is 1.97. The Morgan fingerprint density at radius 2 is 2.36 bits per heavy atom. The van der Waals surface area contributed by atoms with Gasteiger partial charge in [0.1, 0.15) is 0 Å². The zero-order chi connectivity index (χ0) is 8.43.